The van der Waals surface area contributed by atoms with Crippen LogP contribution >= 0.6 is 0 Å². The Bertz CT molecular complexity index is 1050. The number of hydrogen-bond acceptors (Lipinski definition) is 5. The van der Waals surface area contributed by atoms with Crippen LogP contribution in [0.3, 0.4) is 0 Å². The molecule has 1 atom stereocenters. The van der Waals surface area contributed by atoms with Crippen molar-refractivity contribution >= 4 is 16.1 Å². The summed E-state index contributed by atoms with van der Waals surface area (Å²) in [5.74, 6) is -0.0000180. The fraction of sp³-hybridized carbons (Fsp3) is 0.500. The summed E-state index contributed by atoms with van der Waals surface area (Å²) in [5.41, 5.74) is 3.88. The molecule has 1 aromatic carbocycles. The first-order chi connectivity index (χ1) is 14.9. The number of aryl methyl sites for hydroxylation is 1. The highest BCUT2D eigenvalue weighted by molar-refractivity contribution is 7.92. The van der Waals surface area contributed by atoms with Crippen LogP contribution in [0.1, 0.15) is 47.7 Å². The highest BCUT2D eigenvalue weighted by atomic mass is 32.2. The van der Waals surface area contributed by atoms with Crippen LogP contribution in [-0.2, 0) is 34.6 Å². The Morgan fingerprint density at radius 1 is 1.29 bits per heavy atom. The Morgan fingerprint density at radius 2 is 2.10 bits per heavy atom. The molecule has 1 unspecified atom stereocenters. The Labute approximate surface area is 182 Å². The number of nitrogens with zero attached hydrogens (tertiary/aromatic N) is 3. The molecular formula is C22H29FN4O3S. The number of morpholine rings is 1. The molecule has 1 saturated heterocycles. The lowest BCUT2D eigenvalue weighted by Gasteiger charge is -2.25. The Hall–Kier alpha value is -2.07. The molecule has 4 rings (SSSR count). The van der Waals surface area contributed by atoms with Crippen LogP contribution in [0, 0.1) is 5.82 Å². The van der Waals surface area contributed by atoms with Crippen LogP contribution in [0.5, 0.6) is 0 Å². The van der Waals surface area contributed by atoms with Crippen LogP contribution in [0.4, 0.5) is 4.39 Å². The summed E-state index contributed by atoms with van der Waals surface area (Å²) < 4.78 is 45.8. The van der Waals surface area contributed by atoms with Gasteiger partial charge in [-0.3, -0.25) is 4.68 Å². The molecule has 2 aromatic rings. The number of sulfonamides is 1. The molecule has 7 nitrogen and oxygen atoms in total. The molecular weight excluding hydrogens is 419 g/mol. The zero-order valence-corrected chi connectivity index (χ0v) is 18.6. The molecule has 0 bridgehead atoms. The Morgan fingerprint density at radius 3 is 2.87 bits per heavy atom. The lowest BCUT2D eigenvalue weighted by atomic mass is 9.91. The van der Waals surface area contributed by atoms with Gasteiger partial charge in [0.05, 0.1) is 18.9 Å². The molecule has 0 radical (unpaired) electrons. The monoisotopic (exact) mass is 448 g/mol. The summed E-state index contributed by atoms with van der Waals surface area (Å²) in [6, 6.07) is 6.74. The summed E-state index contributed by atoms with van der Waals surface area (Å²) in [5, 5.41) is 7.47. The molecule has 1 aromatic heterocycles. The van der Waals surface area contributed by atoms with Gasteiger partial charge in [-0.2, -0.15) is 5.10 Å². The molecule has 0 amide bonds. The van der Waals surface area contributed by atoms with E-state index in [4.69, 9.17) is 4.74 Å². The molecule has 31 heavy (non-hydrogen) atoms. The van der Waals surface area contributed by atoms with Gasteiger partial charge in [0.1, 0.15) is 5.82 Å². The molecule has 1 aliphatic carbocycles. The van der Waals surface area contributed by atoms with Crippen LogP contribution in [0.2, 0.25) is 0 Å². The van der Waals surface area contributed by atoms with Crippen molar-refractivity contribution in [3.05, 3.63) is 58.0 Å². The van der Waals surface area contributed by atoms with Crippen molar-refractivity contribution in [1.82, 2.24) is 19.6 Å². The third-order valence-electron chi connectivity index (χ3n) is 5.88. The molecule has 1 aliphatic heterocycles. The lowest BCUT2D eigenvalue weighted by Crippen LogP contribution is -2.47. The number of nitrogens with one attached hydrogen (secondary N) is 1. The topological polar surface area (TPSA) is 76.5 Å². The minimum atomic E-state index is -3.62. The van der Waals surface area contributed by atoms with E-state index in [0.29, 0.717) is 32.0 Å². The van der Waals surface area contributed by atoms with Crippen molar-refractivity contribution in [3.8, 4) is 0 Å². The van der Waals surface area contributed by atoms with E-state index in [1.54, 1.807) is 23.2 Å². The summed E-state index contributed by atoms with van der Waals surface area (Å²) in [6.45, 7) is 2.06. The van der Waals surface area contributed by atoms with Crippen molar-refractivity contribution in [2.24, 2.45) is 7.05 Å². The maximum atomic E-state index is 13.7. The second kappa shape index (κ2) is 9.60. The third-order valence-corrected chi connectivity index (χ3v) is 6.89. The third kappa shape index (κ3) is 5.60. The summed E-state index contributed by atoms with van der Waals surface area (Å²) in [6.07, 6.45) is 6.30. The molecule has 2 heterocycles. The SMILES string of the molecule is Cn1nc(C=CS(=O)(=O)NN2CCOCC2)c2c1C(Cc1cccc(F)c1)CCCC2. The molecule has 1 N–H and O–H groups in total. The number of ether oxygens (including phenoxy) is 1. The minimum Gasteiger partial charge on any atom is -0.379 e. The van der Waals surface area contributed by atoms with Crippen molar-refractivity contribution in [1.29, 1.82) is 0 Å². The first kappa shape index (κ1) is 22.1. The van der Waals surface area contributed by atoms with Crippen LogP contribution in [0.15, 0.2) is 29.7 Å². The van der Waals surface area contributed by atoms with Gasteiger partial charge in [0.25, 0.3) is 0 Å². The lowest BCUT2D eigenvalue weighted by molar-refractivity contribution is 0.0274. The first-order valence-electron chi connectivity index (χ1n) is 10.7. The largest absolute Gasteiger partial charge is 0.379 e. The van der Waals surface area contributed by atoms with Crippen molar-refractivity contribution in [3.63, 3.8) is 0 Å². The number of hydrogen-bond donors (Lipinski definition) is 1. The van der Waals surface area contributed by atoms with E-state index in [2.05, 4.69) is 9.93 Å². The average Bonchev–Trinajstić information content (AvgIpc) is 2.90. The number of aromatic nitrogens is 2. The maximum absolute atomic E-state index is 13.7. The molecule has 0 spiro atoms. The average molecular weight is 449 g/mol. The highest BCUT2D eigenvalue weighted by Crippen LogP contribution is 2.35. The summed E-state index contributed by atoms with van der Waals surface area (Å²) in [4.78, 5) is 2.58. The normalized spacial score (nSPS) is 20.6. The van der Waals surface area contributed by atoms with Gasteiger partial charge in [-0.25, -0.2) is 17.8 Å². The standard InChI is InChI=1S/C22H29FN4O3S/c1-26-22-18(15-17-5-4-7-19(23)16-17)6-2-3-8-20(22)21(24-26)9-14-31(28,29)25-27-10-12-30-13-11-27/h4-5,7,9,14,16,18,25H,2-3,6,8,10-13,15H2,1H3. The number of rotatable bonds is 6. The molecule has 1 fully saturated rings. The van der Waals surface area contributed by atoms with Crippen molar-refractivity contribution in [2.75, 3.05) is 26.3 Å². The number of fused-ring (bicyclic) bond motifs is 1. The second-order valence-electron chi connectivity index (χ2n) is 8.19. The molecule has 168 valence electrons. The van der Waals surface area contributed by atoms with Crippen LogP contribution in [-0.4, -0.2) is 49.5 Å². The fourth-order valence-electron chi connectivity index (χ4n) is 4.50. The quantitative estimate of drug-likeness (QED) is 0.688. The second-order valence-corrected chi connectivity index (χ2v) is 9.73. The van der Waals surface area contributed by atoms with Gasteiger partial charge in [-0.1, -0.05) is 18.6 Å². The number of halogens is 1. The van der Waals surface area contributed by atoms with Crippen LogP contribution in [0.25, 0.3) is 6.08 Å². The molecule has 0 saturated carbocycles. The summed E-state index contributed by atoms with van der Waals surface area (Å²) >= 11 is 0. The Kier molecular flexibility index (Phi) is 6.86. The van der Waals surface area contributed by atoms with E-state index in [9.17, 15) is 12.8 Å². The zero-order valence-electron chi connectivity index (χ0n) is 17.8. The van der Waals surface area contributed by atoms with E-state index in [1.807, 2.05) is 17.8 Å². The van der Waals surface area contributed by atoms with Gasteiger partial charge in [0.2, 0.25) is 10.0 Å². The molecule has 2 aliphatic rings. The van der Waals surface area contributed by atoms with Gasteiger partial charge >= 0.3 is 0 Å². The van der Waals surface area contributed by atoms with Gasteiger partial charge < -0.3 is 4.74 Å². The Balaban J connectivity index is 1.55. The fourth-order valence-corrected chi connectivity index (χ4v) is 5.41. The van der Waals surface area contributed by atoms with Gasteiger partial charge in [0, 0.05) is 42.7 Å². The van der Waals surface area contributed by atoms with E-state index < -0.39 is 10.0 Å². The first-order valence-corrected chi connectivity index (χ1v) is 12.3. The number of benzene rings is 1. The minimum absolute atomic E-state index is 0.224. The van der Waals surface area contributed by atoms with Crippen LogP contribution < -0.4 is 4.83 Å². The van der Waals surface area contributed by atoms with E-state index in [1.165, 1.54) is 11.5 Å². The van der Waals surface area contributed by atoms with Gasteiger partial charge in [0.15, 0.2) is 0 Å². The van der Waals surface area contributed by atoms with Gasteiger partial charge in [-0.05, 0) is 49.5 Å². The summed E-state index contributed by atoms with van der Waals surface area (Å²) in [7, 11) is -1.72. The van der Waals surface area contributed by atoms with E-state index in [0.717, 1.165) is 48.9 Å². The highest BCUT2D eigenvalue weighted by Gasteiger charge is 2.26. The zero-order chi connectivity index (χ0) is 21.8. The van der Waals surface area contributed by atoms with E-state index in [-0.39, 0.29) is 11.7 Å². The number of hydrazine groups is 1. The van der Waals surface area contributed by atoms with Crippen molar-refractivity contribution in [2.45, 2.75) is 38.0 Å². The maximum Gasteiger partial charge on any atom is 0.246 e. The smallest absolute Gasteiger partial charge is 0.246 e. The van der Waals surface area contributed by atoms with E-state index >= 15 is 0 Å². The predicted molar refractivity (Wildman–Crippen MR) is 117 cm³/mol. The molecule has 9 heteroatoms. The van der Waals surface area contributed by atoms with Crippen molar-refractivity contribution < 1.29 is 17.5 Å². The predicted octanol–water partition coefficient (Wildman–Crippen LogP) is 2.75. The van der Waals surface area contributed by atoms with Gasteiger partial charge in [-0.15, -0.1) is 4.83 Å².